The van der Waals surface area contributed by atoms with Crippen LogP contribution in [0.2, 0.25) is 5.02 Å². The lowest BCUT2D eigenvalue weighted by atomic mass is 9.93. The molecule has 4 heteroatoms. The van der Waals surface area contributed by atoms with Gasteiger partial charge in [0.1, 0.15) is 17.6 Å². The summed E-state index contributed by atoms with van der Waals surface area (Å²) in [6.45, 7) is 0. The molecule has 3 nitrogen and oxygen atoms in total. The summed E-state index contributed by atoms with van der Waals surface area (Å²) in [5.41, 5.74) is 2.15. The summed E-state index contributed by atoms with van der Waals surface area (Å²) in [6, 6.07) is 13.1. The molecular formula is C16H16ClNO2. The number of ether oxygens (including phenoxy) is 1. The van der Waals surface area contributed by atoms with Crippen LogP contribution in [0.3, 0.4) is 0 Å². The Morgan fingerprint density at radius 1 is 1.20 bits per heavy atom. The summed E-state index contributed by atoms with van der Waals surface area (Å²) >= 11 is 6.06. The average molecular weight is 290 g/mol. The first-order valence-corrected chi connectivity index (χ1v) is 6.97. The molecule has 0 amide bonds. The Morgan fingerprint density at radius 3 is 2.65 bits per heavy atom. The molecular weight excluding hydrogens is 274 g/mol. The number of fused-ring (bicyclic) bond motifs is 1. The molecule has 0 fully saturated rings. The van der Waals surface area contributed by atoms with E-state index < -0.39 is 0 Å². The number of benzene rings is 2. The van der Waals surface area contributed by atoms with Crippen molar-refractivity contribution in [2.75, 3.05) is 7.05 Å². The Bertz CT molecular complexity index is 612. The maximum atomic E-state index is 9.37. The Hall–Kier alpha value is -1.71. The quantitative estimate of drug-likeness (QED) is 0.883. The standard InChI is InChI=1S/C16H16ClNO2/c1-18-14-9-16(10-2-5-12(19)6-3-10)20-15-7-4-11(17)8-13(14)15/h2-8,14,16,18-19H,9H2,1H3. The Morgan fingerprint density at radius 2 is 1.95 bits per heavy atom. The monoisotopic (exact) mass is 289 g/mol. The van der Waals surface area contributed by atoms with Gasteiger partial charge in [-0.1, -0.05) is 23.7 Å². The van der Waals surface area contributed by atoms with Gasteiger partial charge in [0.05, 0.1) is 0 Å². The van der Waals surface area contributed by atoms with Crippen LogP contribution in [0.5, 0.6) is 11.5 Å². The molecule has 1 aliphatic rings. The molecule has 0 radical (unpaired) electrons. The van der Waals surface area contributed by atoms with E-state index in [0.29, 0.717) is 0 Å². The molecule has 20 heavy (non-hydrogen) atoms. The van der Waals surface area contributed by atoms with Crippen molar-refractivity contribution in [2.24, 2.45) is 0 Å². The largest absolute Gasteiger partial charge is 0.508 e. The zero-order valence-corrected chi connectivity index (χ0v) is 11.9. The fraction of sp³-hybridized carbons (Fsp3) is 0.250. The van der Waals surface area contributed by atoms with Gasteiger partial charge in [-0.3, -0.25) is 0 Å². The van der Waals surface area contributed by atoms with Crippen molar-refractivity contribution in [1.82, 2.24) is 5.32 Å². The highest BCUT2D eigenvalue weighted by Crippen LogP contribution is 2.41. The molecule has 0 saturated heterocycles. The highest BCUT2D eigenvalue weighted by Gasteiger charge is 2.28. The van der Waals surface area contributed by atoms with Gasteiger partial charge in [-0.05, 0) is 42.9 Å². The second kappa shape index (κ2) is 5.35. The molecule has 2 aromatic carbocycles. The molecule has 0 aliphatic carbocycles. The molecule has 104 valence electrons. The number of aromatic hydroxyl groups is 1. The van der Waals surface area contributed by atoms with E-state index in [1.807, 2.05) is 37.4 Å². The molecule has 0 saturated carbocycles. The average Bonchev–Trinajstić information content (AvgIpc) is 2.47. The zero-order chi connectivity index (χ0) is 14.1. The van der Waals surface area contributed by atoms with Crippen LogP contribution in [0.25, 0.3) is 0 Å². The molecule has 0 bridgehead atoms. The molecule has 1 heterocycles. The summed E-state index contributed by atoms with van der Waals surface area (Å²) in [4.78, 5) is 0. The number of phenolic OH excluding ortho intramolecular Hbond substituents is 1. The summed E-state index contributed by atoms with van der Waals surface area (Å²) in [5, 5.41) is 13.4. The maximum Gasteiger partial charge on any atom is 0.126 e. The highest BCUT2D eigenvalue weighted by atomic mass is 35.5. The molecule has 2 aromatic rings. The second-order valence-electron chi connectivity index (χ2n) is 4.96. The minimum atomic E-state index is -0.0262. The van der Waals surface area contributed by atoms with E-state index in [2.05, 4.69) is 5.32 Å². The fourth-order valence-corrected chi connectivity index (χ4v) is 2.79. The van der Waals surface area contributed by atoms with Crippen LogP contribution >= 0.6 is 11.6 Å². The highest BCUT2D eigenvalue weighted by molar-refractivity contribution is 6.30. The predicted molar refractivity (Wildman–Crippen MR) is 79.3 cm³/mol. The van der Waals surface area contributed by atoms with Crippen LogP contribution in [-0.4, -0.2) is 12.2 Å². The van der Waals surface area contributed by atoms with Crippen LogP contribution in [-0.2, 0) is 0 Å². The first-order valence-electron chi connectivity index (χ1n) is 6.59. The first kappa shape index (κ1) is 13.3. The normalized spacial score (nSPS) is 21.1. The lowest BCUT2D eigenvalue weighted by Gasteiger charge is -2.32. The third kappa shape index (κ3) is 2.47. The number of phenols is 1. The van der Waals surface area contributed by atoms with Gasteiger partial charge in [-0.15, -0.1) is 0 Å². The SMILES string of the molecule is CNC1CC(c2ccc(O)cc2)Oc2ccc(Cl)cc21. The van der Waals surface area contributed by atoms with Gasteiger partial charge in [0, 0.05) is 23.0 Å². The number of rotatable bonds is 2. The molecule has 3 rings (SSSR count). The first-order chi connectivity index (χ1) is 9.67. The van der Waals surface area contributed by atoms with Gasteiger partial charge < -0.3 is 15.2 Å². The molecule has 0 spiro atoms. The van der Waals surface area contributed by atoms with Crippen molar-refractivity contribution in [3.05, 3.63) is 58.6 Å². The van der Waals surface area contributed by atoms with Gasteiger partial charge in [0.25, 0.3) is 0 Å². The molecule has 2 N–H and O–H groups in total. The van der Waals surface area contributed by atoms with Crippen molar-refractivity contribution < 1.29 is 9.84 Å². The summed E-state index contributed by atoms with van der Waals surface area (Å²) < 4.78 is 6.06. The van der Waals surface area contributed by atoms with Crippen LogP contribution in [0.4, 0.5) is 0 Å². The Labute approximate surface area is 123 Å². The van der Waals surface area contributed by atoms with Crippen LogP contribution in [0.1, 0.15) is 29.7 Å². The van der Waals surface area contributed by atoms with Crippen molar-refractivity contribution in [3.63, 3.8) is 0 Å². The minimum Gasteiger partial charge on any atom is -0.508 e. The molecule has 1 aliphatic heterocycles. The minimum absolute atomic E-state index is 0.0262. The Balaban J connectivity index is 1.94. The van der Waals surface area contributed by atoms with Crippen molar-refractivity contribution in [2.45, 2.75) is 18.6 Å². The van der Waals surface area contributed by atoms with Crippen LogP contribution in [0.15, 0.2) is 42.5 Å². The fourth-order valence-electron chi connectivity index (χ4n) is 2.61. The number of nitrogens with one attached hydrogen (secondary N) is 1. The Kier molecular flexibility index (Phi) is 3.55. The molecule has 2 unspecified atom stereocenters. The molecule has 0 aromatic heterocycles. The molecule has 2 atom stereocenters. The number of hydrogen-bond acceptors (Lipinski definition) is 3. The third-order valence-electron chi connectivity index (χ3n) is 3.68. The number of hydrogen-bond donors (Lipinski definition) is 2. The van der Waals surface area contributed by atoms with Crippen molar-refractivity contribution in [3.8, 4) is 11.5 Å². The van der Waals surface area contributed by atoms with E-state index in [4.69, 9.17) is 16.3 Å². The summed E-state index contributed by atoms with van der Waals surface area (Å²) in [6.07, 6.45) is 0.802. The zero-order valence-electron chi connectivity index (χ0n) is 11.1. The summed E-state index contributed by atoms with van der Waals surface area (Å²) in [7, 11) is 1.94. The maximum absolute atomic E-state index is 9.37. The van der Waals surface area contributed by atoms with Crippen LogP contribution < -0.4 is 10.1 Å². The van der Waals surface area contributed by atoms with E-state index >= 15 is 0 Å². The van der Waals surface area contributed by atoms with Crippen LogP contribution in [0, 0.1) is 0 Å². The number of halogens is 1. The topological polar surface area (TPSA) is 41.5 Å². The van der Waals surface area contributed by atoms with Gasteiger partial charge in [-0.25, -0.2) is 0 Å². The van der Waals surface area contributed by atoms with Gasteiger partial charge in [0.2, 0.25) is 0 Å². The van der Waals surface area contributed by atoms with Gasteiger partial charge in [-0.2, -0.15) is 0 Å². The second-order valence-corrected chi connectivity index (χ2v) is 5.39. The van der Waals surface area contributed by atoms with Gasteiger partial charge in [0.15, 0.2) is 0 Å². The van der Waals surface area contributed by atoms with E-state index in [1.54, 1.807) is 12.1 Å². The van der Waals surface area contributed by atoms with E-state index in [0.717, 1.165) is 28.3 Å². The smallest absolute Gasteiger partial charge is 0.126 e. The predicted octanol–water partition coefficient (Wildman–Crippen LogP) is 3.83. The van der Waals surface area contributed by atoms with Gasteiger partial charge >= 0.3 is 0 Å². The lowest BCUT2D eigenvalue weighted by molar-refractivity contribution is 0.154. The van der Waals surface area contributed by atoms with E-state index in [-0.39, 0.29) is 17.9 Å². The third-order valence-corrected chi connectivity index (χ3v) is 3.91. The summed E-state index contributed by atoms with van der Waals surface area (Å²) in [5.74, 6) is 1.12. The van der Waals surface area contributed by atoms with E-state index in [1.165, 1.54) is 0 Å². The van der Waals surface area contributed by atoms with Crippen molar-refractivity contribution in [1.29, 1.82) is 0 Å². The van der Waals surface area contributed by atoms with E-state index in [9.17, 15) is 5.11 Å². The lowest BCUT2D eigenvalue weighted by Crippen LogP contribution is -2.26. The van der Waals surface area contributed by atoms with Crippen molar-refractivity contribution >= 4 is 11.6 Å².